The van der Waals surface area contributed by atoms with Gasteiger partial charge in [0.15, 0.2) is 0 Å². The molecule has 1 N–H and O–H groups in total. The van der Waals surface area contributed by atoms with Crippen LogP contribution in [-0.2, 0) is 17.5 Å². The zero-order valence-electron chi connectivity index (χ0n) is 12.3. The zero-order valence-corrected chi connectivity index (χ0v) is 12.3. The van der Waals surface area contributed by atoms with Crippen LogP contribution in [0.5, 0.6) is 0 Å². The average molecular weight is 358 g/mol. The largest absolute Gasteiger partial charge is 0.444 e. The molecule has 0 unspecified atom stereocenters. The molecular weight excluding hydrogens is 348 g/mol. The molecule has 0 aliphatic carbocycles. The molecule has 0 spiro atoms. The molecule has 10 heteroatoms. The number of carbonyl (C=O) groups excluding carboxylic acids is 1. The maximum Gasteiger partial charge on any atom is 0.419 e. The first kappa shape index (κ1) is 18.2. The molecule has 0 aromatic heterocycles. The lowest BCUT2D eigenvalue weighted by atomic mass is 10.1. The van der Waals surface area contributed by atoms with Crippen molar-refractivity contribution >= 4 is 17.5 Å². The summed E-state index contributed by atoms with van der Waals surface area (Å²) in [6.45, 7) is -0.177. The maximum atomic E-state index is 13.6. The summed E-state index contributed by atoms with van der Waals surface area (Å²) < 4.78 is 56.2. The molecule has 132 valence electrons. The first-order valence-corrected chi connectivity index (χ1v) is 6.71. The van der Waals surface area contributed by atoms with Gasteiger partial charge in [-0.05, 0) is 5.56 Å². The van der Waals surface area contributed by atoms with Gasteiger partial charge in [0.05, 0.1) is 10.5 Å². The molecule has 0 aliphatic heterocycles. The Balaban J connectivity index is 2.19. The van der Waals surface area contributed by atoms with Crippen molar-refractivity contribution in [3.8, 4) is 0 Å². The third kappa shape index (κ3) is 4.66. The van der Waals surface area contributed by atoms with E-state index < -0.39 is 39.9 Å². The molecule has 2 aromatic carbocycles. The summed E-state index contributed by atoms with van der Waals surface area (Å²) in [7, 11) is 0. The summed E-state index contributed by atoms with van der Waals surface area (Å²) in [5.74, 6) is -1.75. The van der Waals surface area contributed by atoms with Crippen molar-refractivity contribution in [2.75, 3.05) is 5.32 Å². The number of nitrogens with zero attached hydrogens (tertiary/aromatic N) is 1. The molecule has 2 aromatic rings. The Labute approximate surface area is 138 Å². The quantitative estimate of drug-likeness (QED) is 0.496. The average Bonchev–Trinajstić information content (AvgIpc) is 2.52. The second-order valence-corrected chi connectivity index (χ2v) is 4.79. The molecule has 25 heavy (non-hydrogen) atoms. The Hall–Kier alpha value is -3.17. The third-order valence-electron chi connectivity index (χ3n) is 3.04. The van der Waals surface area contributed by atoms with E-state index in [-0.39, 0.29) is 18.7 Å². The van der Waals surface area contributed by atoms with Crippen LogP contribution in [0.4, 0.5) is 33.7 Å². The van der Waals surface area contributed by atoms with Crippen molar-refractivity contribution in [1.82, 2.24) is 0 Å². The molecule has 0 aliphatic rings. The van der Waals surface area contributed by atoms with E-state index in [2.05, 4.69) is 0 Å². The van der Waals surface area contributed by atoms with E-state index in [0.29, 0.717) is 5.56 Å². The summed E-state index contributed by atoms with van der Waals surface area (Å²) in [5, 5.41) is 12.8. The van der Waals surface area contributed by atoms with Crippen LogP contribution >= 0.6 is 0 Å². The summed E-state index contributed by atoms with van der Waals surface area (Å²) in [6.07, 6.45) is -6.28. The number of hydrogen-bond acceptors (Lipinski definition) is 4. The first-order chi connectivity index (χ1) is 11.7. The number of carbonyl (C=O) groups is 1. The highest BCUT2D eigenvalue weighted by Crippen LogP contribution is 2.37. The van der Waals surface area contributed by atoms with E-state index in [4.69, 9.17) is 4.74 Å². The number of amides is 1. The van der Waals surface area contributed by atoms with Gasteiger partial charge >= 0.3 is 12.3 Å². The molecule has 0 fully saturated rings. The highest BCUT2D eigenvalue weighted by Gasteiger charge is 2.37. The fraction of sp³-hybridized carbons (Fsp3) is 0.133. The fourth-order valence-corrected chi connectivity index (χ4v) is 1.90. The van der Waals surface area contributed by atoms with Gasteiger partial charge in [-0.25, -0.2) is 9.18 Å². The molecule has 1 amide bonds. The summed E-state index contributed by atoms with van der Waals surface area (Å²) in [6, 6.07) is 8.64. The number of rotatable bonds is 4. The zero-order chi connectivity index (χ0) is 18.6. The lowest BCUT2D eigenvalue weighted by Crippen LogP contribution is -2.16. The number of hydrogen-bond donors (Lipinski definition) is 1. The van der Waals surface area contributed by atoms with Crippen molar-refractivity contribution in [1.29, 1.82) is 0 Å². The van der Waals surface area contributed by atoms with Crippen LogP contribution in [0.15, 0.2) is 42.5 Å². The van der Waals surface area contributed by atoms with Gasteiger partial charge in [-0.15, -0.1) is 0 Å². The standard InChI is InChI=1S/C15H10F4N2O4/c16-11-7-12(13(21(23)24)6-10(11)15(17,18)19)20-14(22)25-8-9-4-2-1-3-5-9/h1-7H,8H2,(H,20,22). The Bertz CT molecular complexity index is 794. The van der Waals surface area contributed by atoms with E-state index in [1.54, 1.807) is 30.3 Å². The van der Waals surface area contributed by atoms with Gasteiger partial charge in [0.2, 0.25) is 0 Å². The van der Waals surface area contributed by atoms with Crippen molar-refractivity contribution in [2.24, 2.45) is 0 Å². The van der Waals surface area contributed by atoms with E-state index >= 15 is 0 Å². The lowest BCUT2D eigenvalue weighted by Gasteiger charge is -2.11. The van der Waals surface area contributed by atoms with Gasteiger partial charge in [0, 0.05) is 12.1 Å². The molecule has 2 rings (SSSR count). The monoisotopic (exact) mass is 358 g/mol. The number of ether oxygens (including phenoxy) is 1. The number of alkyl halides is 3. The molecule has 0 atom stereocenters. The van der Waals surface area contributed by atoms with Gasteiger partial charge in [0.25, 0.3) is 5.69 Å². The number of nitro groups is 1. The maximum absolute atomic E-state index is 13.6. The summed E-state index contributed by atoms with van der Waals surface area (Å²) in [5.41, 5.74) is -3.04. The van der Waals surface area contributed by atoms with E-state index in [0.717, 1.165) is 0 Å². The van der Waals surface area contributed by atoms with Gasteiger partial charge in [0.1, 0.15) is 18.1 Å². The molecule has 0 saturated heterocycles. The number of anilines is 1. The molecule has 0 radical (unpaired) electrons. The topological polar surface area (TPSA) is 81.5 Å². The van der Waals surface area contributed by atoms with Crippen LogP contribution < -0.4 is 5.32 Å². The summed E-state index contributed by atoms with van der Waals surface area (Å²) >= 11 is 0. The molecule has 0 heterocycles. The lowest BCUT2D eigenvalue weighted by molar-refractivity contribution is -0.384. The molecular formula is C15H10F4N2O4. The van der Waals surface area contributed by atoms with Crippen molar-refractivity contribution in [2.45, 2.75) is 12.8 Å². The smallest absolute Gasteiger partial charge is 0.419 e. The number of nitro benzene ring substituents is 1. The molecule has 0 bridgehead atoms. The molecule has 0 saturated carbocycles. The van der Waals surface area contributed by atoms with E-state index in [9.17, 15) is 32.5 Å². The second-order valence-electron chi connectivity index (χ2n) is 4.79. The number of nitrogens with one attached hydrogen (secondary N) is 1. The second kappa shape index (κ2) is 7.16. The Morgan fingerprint density at radius 3 is 2.40 bits per heavy atom. The third-order valence-corrected chi connectivity index (χ3v) is 3.04. The predicted octanol–water partition coefficient (Wildman–Crippen LogP) is 4.50. The SMILES string of the molecule is O=C(Nc1cc(F)c(C(F)(F)F)cc1[N+](=O)[O-])OCc1ccccc1. The van der Waals surface area contributed by atoms with Crippen LogP contribution in [-0.4, -0.2) is 11.0 Å². The van der Waals surface area contributed by atoms with Crippen LogP contribution in [0.2, 0.25) is 0 Å². The van der Waals surface area contributed by atoms with Crippen LogP contribution in [0.1, 0.15) is 11.1 Å². The predicted molar refractivity (Wildman–Crippen MR) is 78.3 cm³/mol. The van der Waals surface area contributed by atoms with Gasteiger partial charge in [-0.3, -0.25) is 15.4 Å². The number of benzene rings is 2. The van der Waals surface area contributed by atoms with Crippen molar-refractivity contribution in [3.05, 3.63) is 69.5 Å². The Kier molecular flexibility index (Phi) is 5.20. The van der Waals surface area contributed by atoms with E-state index in [1.165, 1.54) is 0 Å². The molecule has 6 nitrogen and oxygen atoms in total. The van der Waals surface area contributed by atoms with Gasteiger partial charge in [-0.2, -0.15) is 13.2 Å². The minimum atomic E-state index is -5.11. The van der Waals surface area contributed by atoms with Gasteiger partial charge < -0.3 is 4.74 Å². The minimum absolute atomic E-state index is 0.0160. The first-order valence-electron chi connectivity index (χ1n) is 6.71. The highest BCUT2D eigenvalue weighted by molar-refractivity contribution is 5.88. The fourth-order valence-electron chi connectivity index (χ4n) is 1.90. The van der Waals surface area contributed by atoms with Crippen LogP contribution in [0, 0.1) is 15.9 Å². The van der Waals surface area contributed by atoms with Crippen molar-refractivity contribution < 1.29 is 32.0 Å². The number of halogens is 4. The normalized spacial score (nSPS) is 11.0. The Morgan fingerprint density at radius 1 is 1.20 bits per heavy atom. The van der Waals surface area contributed by atoms with Crippen LogP contribution in [0.3, 0.4) is 0 Å². The van der Waals surface area contributed by atoms with Crippen molar-refractivity contribution in [3.63, 3.8) is 0 Å². The van der Waals surface area contributed by atoms with E-state index in [1.807, 2.05) is 5.32 Å². The highest BCUT2D eigenvalue weighted by atomic mass is 19.4. The van der Waals surface area contributed by atoms with Crippen LogP contribution in [0.25, 0.3) is 0 Å². The summed E-state index contributed by atoms with van der Waals surface area (Å²) in [4.78, 5) is 21.4. The minimum Gasteiger partial charge on any atom is -0.444 e. The Morgan fingerprint density at radius 2 is 1.84 bits per heavy atom. The van der Waals surface area contributed by atoms with Gasteiger partial charge in [-0.1, -0.05) is 30.3 Å².